The number of hydrogen-bond donors (Lipinski definition) is 4. The zero-order valence-corrected chi connectivity index (χ0v) is 15.2. The molecule has 9 nitrogen and oxygen atoms in total. The topological polar surface area (TPSA) is 135 Å². The predicted molar refractivity (Wildman–Crippen MR) is 93.9 cm³/mol. The Kier molecular flexibility index (Phi) is 7.55. The highest BCUT2D eigenvalue weighted by Crippen LogP contribution is 2.25. The molecule has 0 bridgehead atoms. The van der Waals surface area contributed by atoms with Crippen LogP contribution in [0.4, 0.5) is 5.69 Å². The van der Waals surface area contributed by atoms with Crippen molar-refractivity contribution in [2.24, 2.45) is 0 Å². The molecule has 1 aliphatic heterocycles. The Morgan fingerprint density at radius 1 is 1.11 bits per heavy atom. The number of benzene rings is 1. The second-order valence-corrected chi connectivity index (χ2v) is 6.27. The minimum absolute atomic E-state index is 0.215. The average molecular weight is 383 g/mol. The van der Waals surface area contributed by atoms with Crippen molar-refractivity contribution in [2.75, 3.05) is 11.9 Å². The van der Waals surface area contributed by atoms with Gasteiger partial charge in [0.15, 0.2) is 0 Å². The molecule has 5 atom stereocenters. The van der Waals surface area contributed by atoms with Crippen LogP contribution in [0.3, 0.4) is 0 Å². The lowest BCUT2D eigenvalue weighted by Crippen LogP contribution is -2.60. The van der Waals surface area contributed by atoms with Crippen molar-refractivity contribution < 1.29 is 39.1 Å². The number of nitrogens with one attached hydrogen (secondary N) is 1. The summed E-state index contributed by atoms with van der Waals surface area (Å²) in [6, 6.07) is 6.30. The second kappa shape index (κ2) is 9.65. The van der Waals surface area contributed by atoms with E-state index < -0.39 is 36.7 Å². The van der Waals surface area contributed by atoms with Gasteiger partial charge in [0.25, 0.3) is 0 Å². The van der Waals surface area contributed by atoms with Crippen LogP contribution in [0.5, 0.6) is 5.75 Å². The van der Waals surface area contributed by atoms with Gasteiger partial charge >= 0.3 is 5.97 Å². The number of esters is 1. The number of ether oxygens (including phenoxy) is 3. The standard InChI is InChI=1S/C18H25NO8/c1-3-4-14(21)25-9-13-15(22)16(23)17(24)18(27-13)26-12-7-5-11(6-8-12)19-10(2)20/h5-8,13,15-18,22-24H,3-4,9H2,1-2H3,(H,19,20)/t13?,15-,16?,17?,18+/m1/s1. The van der Waals surface area contributed by atoms with E-state index in [1.54, 1.807) is 24.3 Å². The molecule has 9 heteroatoms. The van der Waals surface area contributed by atoms with Crippen LogP contribution in [0.15, 0.2) is 24.3 Å². The third kappa shape index (κ3) is 5.90. The van der Waals surface area contributed by atoms with Gasteiger partial charge in [-0.25, -0.2) is 0 Å². The Hall–Kier alpha value is -2.20. The molecule has 4 N–H and O–H groups in total. The first-order valence-electron chi connectivity index (χ1n) is 8.71. The number of rotatable bonds is 7. The Morgan fingerprint density at radius 2 is 1.78 bits per heavy atom. The van der Waals surface area contributed by atoms with Crippen LogP contribution < -0.4 is 10.1 Å². The first kappa shape index (κ1) is 21.1. The summed E-state index contributed by atoms with van der Waals surface area (Å²) in [5.41, 5.74) is 0.566. The van der Waals surface area contributed by atoms with E-state index in [1.165, 1.54) is 6.92 Å². The number of anilines is 1. The Labute approximate surface area is 156 Å². The number of carbonyl (C=O) groups is 2. The molecule has 0 aromatic heterocycles. The van der Waals surface area contributed by atoms with Gasteiger partial charge in [0.1, 0.15) is 36.8 Å². The van der Waals surface area contributed by atoms with Crippen LogP contribution in [-0.4, -0.2) is 64.5 Å². The SMILES string of the molecule is CCCC(=O)OCC1O[C@H](Oc2ccc(NC(C)=O)cc2)C(O)C(O)[C@@H]1O. The lowest BCUT2D eigenvalue weighted by Gasteiger charge is -2.39. The van der Waals surface area contributed by atoms with Gasteiger partial charge in [-0.3, -0.25) is 9.59 Å². The van der Waals surface area contributed by atoms with Crippen molar-refractivity contribution >= 4 is 17.6 Å². The number of aliphatic hydroxyl groups is 3. The lowest BCUT2D eigenvalue weighted by atomic mass is 9.99. The summed E-state index contributed by atoms with van der Waals surface area (Å²) in [4.78, 5) is 22.5. The van der Waals surface area contributed by atoms with Gasteiger partial charge in [0.2, 0.25) is 12.2 Å². The summed E-state index contributed by atoms with van der Waals surface area (Å²) in [6.07, 6.45) is -5.94. The van der Waals surface area contributed by atoms with Crippen molar-refractivity contribution in [3.63, 3.8) is 0 Å². The largest absolute Gasteiger partial charge is 0.463 e. The van der Waals surface area contributed by atoms with Gasteiger partial charge in [0.05, 0.1) is 0 Å². The van der Waals surface area contributed by atoms with E-state index in [2.05, 4.69) is 5.32 Å². The van der Waals surface area contributed by atoms with Crippen molar-refractivity contribution in [1.29, 1.82) is 0 Å². The molecule has 1 amide bonds. The number of carbonyl (C=O) groups excluding carboxylic acids is 2. The minimum atomic E-state index is -1.53. The highest BCUT2D eigenvalue weighted by molar-refractivity contribution is 5.88. The average Bonchev–Trinajstić information content (AvgIpc) is 2.62. The maximum atomic E-state index is 11.5. The van der Waals surface area contributed by atoms with Crippen LogP contribution in [0.1, 0.15) is 26.7 Å². The molecular weight excluding hydrogens is 358 g/mol. The van der Waals surface area contributed by atoms with Gasteiger partial charge in [0, 0.05) is 19.0 Å². The van der Waals surface area contributed by atoms with E-state index in [0.717, 1.165) is 0 Å². The second-order valence-electron chi connectivity index (χ2n) is 6.27. The molecule has 0 saturated carbocycles. The van der Waals surface area contributed by atoms with E-state index in [1.807, 2.05) is 6.92 Å². The Morgan fingerprint density at radius 3 is 2.37 bits per heavy atom. The maximum absolute atomic E-state index is 11.5. The molecule has 3 unspecified atom stereocenters. The molecule has 27 heavy (non-hydrogen) atoms. The summed E-state index contributed by atoms with van der Waals surface area (Å²) in [5.74, 6) is -0.342. The molecule has 1 aromatic carbocycles. The number of amides is 1. The summed E-state index contributed by atoms with van der Waals surface area (Å²) in [6.45, 7) is 2.94. The van der Waals surface area contributed by atoms with Crippen LogP contribution in [0.25, 0.3) is 0 Å². The minimum Gasteiger partial charge on any atom is -0.463 e. The van der Waals surface area contributed by atoms with Gasteiger partial charge in [-0.05, 0) is 30.7 Å². The molecule has 1 fully saturated rings. The third-order valence-corrected chi connectivity index (χ3v) is 3.96. The zero-order chi connectivity index (χ0) is 20.0. The fourth-order valence-corrected chi connectivity index (χ4v) is 2.56. The van der Waals surface area contributed by atoms with Gasteiger partial charge < -0.3 is 34.8 Å². The van der Waals surface area contributed by atoms with Crippen molar-refractivity contribution in [3.05, 3.63) is 24.3 Å². The van der Waals surface area contributed by atoms with Gasteiger partial charge in [-0.15, -0.1) is 0 Å². The van der Waals surface area contributed by atoms with Crippen molar-refractivity contribution in [2.45, 2.75) is 57.4 Å². The molecule has 0 aliphatic carbocycles. The van der Waals surface area contributed by atoms with E-state index in [-0.39, 0.29) is 18.9 Å². The van der Waals surface area contributed by atoms with E-state index in [4.69, 9.17) is 14.2 Å². The summed E-state index contributed by atoms with van der Waals surface area (Å²) in [7, 11) is 0. The molecule has 150 valence electrons. The smallest absolute Gasteiger partial charge is 0.305 e. The first-order valence-corrected chi connectivity index (χ1v) is 8.71. The molecule has 1 heterocycles. The summed E-state index contributed by atoms with van der Waals surface area (Å²) in [5, 5.41) is 32.8. The molecular formula is C18H25NO8. The lowest BCUT2D eigenvalue weighted by molar-refractivity contribution is -0.278. The summed E-state index contributed by atoms with van der Waals surface area (Å²) >= 11 is 0. The van der Waals surface area contributed by atoms with Crippen LogP contribution in [0.2, 0.25) is 0 Å². The molecule has 0 spiro atoms. The number of hydrogen-bond acceptors (Lipinski definition) is 8. The van der Waals surface area contributed by atoms with Crippen LogP contribution in [0, 0.1) is 0 Å². The van der Waals surface area contributed by atoms with Crippen LogP contribution in [-0.2, 0) is 19.1 Å². The Balaban J connectivity index is 1.99. The van der Waals surface area contributed by atoms with E-state index in [0.29, 0.717) is 17.9 Å². The maximum Gasteiger partial charge on any atom is 0.305 e. The monoisotopic (exact) mass is 383 g/mol. The predicted octanol–water partition coefficient (Wildman–Crippen LogP) is 0.175. The summed E-state index contributed by atoms with van der Waals surface area (Å²) < 4.78 is 16.0. The normalized spacial score (nSPS) is 27.7. The quantitative estimate of drug-likeness (QED) is 0.490. The molecule has 1 aromatic rings. The highest BCUT2D eigenvalue weighted by atomic mass is 16.7. The fourth-order valence-electron chi connectivity index (χ4n) is 2.56. The van der Waals surface area contributed by atoms with Gasteiger partial charge in [-0.2, -0.15) is 0 Å². The van der Waals surface area contributed by atoms with Crippen molar-refractivity contribution in [1.82, 2.24) is 0 Å². The first-order chi connectivity index (χ1) is 12.8. The van der Waals surface area contributed by atoms with Crippen LogP contribution >= 0.6 is 0 Å². The number of aliphatic hydroxyl groups excluding tert-OH is 3. The zero-order valence-electron chi connectivity index (χ0n) is 15.2. The third-order valence-electron chi connectivity index (χ3n) is 3.96. The molecule has 2 rings (SSSR count). The van der Waals surface area contributed by atoms with Gasteiger partial charge in [-0.1, -0.05) is 6.92 Å². The van der Waals surface area contributed by atoms with Crippen molar-refractivity contribution in [3.8, 4) is 5.75 Å². The molecule has 1 saturated heterocycles. The molecule has 1 aliphatic rings. The van der Waals surface area contributed by atoms with E-state index in [9.17, 15) is 24.9 Å². The Bertz CT molecular complexity index is 635. The fraction of sp³-hybridized carbons (Fsp3) is 0.556. The molecule has 0 radical (unpaired) electrons. The van der Waals surface area contributed by atoms with E-state index >= 15 is 0 Å². The highest BCUT2D eigenvalue weighted by Gasteiger charge is 2.45.